The summed E-state index contributed by atoms with van der Waals surface area (Å²) in [5, 5.41) is 18.8. The van der Waals surface area contributed by atoms with Gasteiger partial charge in [-0.05, 0) is 26.0 Å². The lowest BCUT2D eigenvalue weighted by Crippen LogP contribution is -2.21. The lowest BCUT2D eigenvalue weighted by atomic mass is 9.96. The highest BCUT2D eigenvalue weighted by molar-refractivity contribution is 7.09. The van der Waals surface area contributed by atoms with E-state index in [1.54, 1.807) is 12.1 Å². The van der Waals surface area contributed by atoms with Crippen molar-refractivity contribution in [2.75, 3.05) is 18.0 Å². The molecule has 1 heterocycles. The van der Waals surface area contributed by atoms with Crippen LogP contribution in [0.5, 0.6) is 5.75 Å². The Morgan fingerprint density at radius 1 is 1.17 bits per heavy atom. The smallest absolute Gasteiger partial charge is 0.249 e. The fourth-order valence-corrected chi connectivity index (χ4v) is 2.73. The van der Waals surface area contributed by atoms with E-state index in [1.807, 2.05) is 26.8 Å². The van der Waals surface area contributed by atoms with Crippen LogP contribution in [0.1, 0.15) is 40.4 Å². The molecule has 0 bridgehead atoms. The van der Waals surface area contributed by atoms with Crippen molar-refractivity contribution in [1.29, 1.82) is 0 Å². The molecule has 1 aromatic heterocycles. The fraction of sp³-hybridized carbons (Fsp3) is 0.500. The number of azo groups is 1. The minimum absolute atomic E-state index is 0.110. The van der Waals surface area contributed by atoms with Crippen LogP contribution in [0, 0.1) is 0 Å². The first kappa shape index (κ1) is 17.3. The molecule has 1 aromatic carbocycles. The van der Waals surface area contributed by atoms with Gasteiger partial charge in [-0.25, -0.2) is 0 Å². The molecule has 0 saturated heterocycles. The molecule has 2 aromatic rings. The molecule has 0 aliphatic carbocycles. The Hall–Kier alpha value is -2.02. The van der Waals surface area contributed by atoms with Crippen LogP contribution in [0.2, 0.25) is 0 Å². The first-order valence-electron chi connectivity index (χ1n) is 7.69. The van der Waals surface area contributed by atoms with Crippen molar-refractivity contribution in [1.82, 2.24) is 9.36 Å². The van der Waals surface area contributed by atoms with Gasteiger partial charge in [0.2, 0.25) is 5.13 Å². The molecule has 6 nitrogen and oxygen atoms in total. The van der Waals surface area contributed by atoms with Gasteiger partial charge in [0, 0.05) is 41.8 Å². The highest BCUT2D eigenvalue weighted by atomic mass is 32.1. The average molecular weight is 333 g/mol. The van der Waals surface area contributed by atoms with Crippen LogP contribution in [0.4, 0.5) is 16.5 Å². The fourth-order valence-electron chi connectivity index (χ4n) is 2.04. The molecule has 124 valence electrons. The van der Waals surface area contributed by atoms with Crippen molar-refractivity contribution < 1.29 is 5.11 Å². The number of aromatic hydroxyl groups is 1. The summed E-state index contributed by atoms with van der Waals surface area (Å²) < 4.78 is 4.29. The Morgan fingerprint density at radius 3 is 2.39 bits per heavy atom. The summed E-state index contributed by atoms with van der Waals surface area (Å²) in [4.78, 5) is 6.51. The average Bonchev–Trinajstić information content (AvgIpc) is 2.97. The number of phenols is 1. The molecule has 0 unspecified atom stereocenters. The number of nitrogens with zero attached hydrogens (tertiary/aromatic N) is 5. The van der Waals surface area contributed by atoms with Gasteiger partial charge in [0.05, 0.1) is 0 Å². The van der Waals surface area contributed by atoms with Crippen molar-refractivity contribution in [3.05, 3.63) is 24.0 Å². The maximum atomic E-state index is 10.1. The van der Waals surface area contributed by atoms with E-state index in [1.165, 1.54) is 11.5 Å². The molecule has 0 aliphatic heterocycles. The highest BCUT2D eigenvalue weighted by Gasteiger charge is 2.19. The van der Waals surface area contributed by atoms with Gasteiger partial charge in [0.15, 0.2) is 0 Å². The number of aromatic nitrogens is 2. The maximum Gasteiger partial charge on any atom is 0.249 e. The van der Waals surface area contributed by atoms with Crippen LogP contribution >= 0.6 is 11.5 Å². The molecule has 1 N–H and O–H groups in total. The van der Waals surface area contributed by atoms with E-state index in [0.717, 1.165) is 24.6 Å². The van der Waals surface area contributed by atoms with Crippen LogP contribution in [-0.2, 0) is 5.41 Å². The largest absolute Gasteiger partial charge is 0.506 e. The second-order valence-corrected chi connectivity index (χ2v) is 6.93. The van der Waals surface area contributed by atoms with Crippen molar-refractivity contribution in [2.45, 2.75) is 40.0 Å². The van der Waals surface area contributed by atoms with Gasteiger partial charge in [-0.2, -0.15) is 9.36 Å². The summed E-state index contributed by atoms with van der Waals surface area (Å²) in [6, 6.07) is 5.40. The summed E-state index contributed by atoms with van der Waals surface area (Å²) in [7, 11) is 0. The van der Waals surface area contributed by atoms with Crippen LogP contribution in [0.3, 0.4) is 0 Å². The zero-order valence-electron chi connectivity index (χ0n) is 14.2. The molecule has 0 radical (unpaired) electrons. The third-order valence-corrected chi connectivity index (χ3v) is 4.02. The van der Waals surface area contributed by atoms with Crippen molar-refractivity contribution in [3.63, 3.8) is 0 Å². The van der Waals surface area contributed by atoms with E-state index < -0.39 is 0 Å². The number of anilines is 1. The van der Waals surface area contributed by atoms with Gasteiger partial charge >= 0.3 is 0 Å². The number of rotatable bonds is 5. The molecule has 2 rings (SSSR count). The number of benzene rings is 1. The SMILES string of the molecule is CCN(CC)c1ccc(N=Nc2nc(C(C)(C)C)ns2)c(O)c1. The summed E-state index contributed by atoms with van der Waals surface area (Å²) >= 11 is 1.21. The second-order valence-electron chi connectivity index (χ2n) is 6.20. The lowest BCUT2D eigenvalue weighted by molar-refractivity contribution is 0.476. The van der Waals surface area contributed by atoms with Gasteiger partial charge in [-0.15, -0.1) is 10.2 Å². The Morgan fingerprint density at radius 2 is 1.87 bits per heavy atom. The number of phenolic OH excluding ortho intramolecular Hbond substituents is 1. The van der Waals surface area contributed by atoms with E-state index in [4.69, 9.17) is 0 Å². The Labute approximate surface area is 141 Å². The predicted octanol–water partition coefficient (Wildman–Crippen LogP) is 4.80. The first-order chi connectivity index (χ1) is 10.8. The van der Waals surface area contributed by atoms with Gasteiger partial charge in [-0.1, -0.05) is 20.8 Å². The Bertz CT molecular complexity index is 686. The van der Waals surface area contributed by atoms with Gasteiger partial charge in [-0.3, -0.25) is 0 Å². The van der Waals surface area contributed by atoms with Crippen LogP contribution in [0.25, 0.3) is 0 Å². The molecule has 0 atom stereocenters. The van der Waals surface area contributed by atoms with Crippen molar-refractivity contribution in [3.8, 4) is 5.75 Å². The Kier molecular flexibility index (Phi) is 5.30. The molecule has 0 aliphatic rings. The summed E-state index contributed by atoms with van der Waals surface area (Å²) in [6.45, 7) is 12.1. The zero-order valence-corrected chi connectivity index (χ0v) is 15.1. The second kappa shape index (κ2) is 7.04. The monoisotopic (exact) mass is 333 g/mol. The van der Waals surface area contributed by atoms with E-state index >= 15 is 0 Å². The number of hydrogen-bond acceptors (Lipinski definition) is 7. The molecule has 0 amide bonds. The van der Waals surface area contributed by atoms with Crippen molar-refractivity contribution in [2.24, 2.45) is 10.2 Å². The van der Waals surface area contributed by atoms with Crippen LogP contribution in [0.15, 0.2) is 28.4 Å². The summed E-state index contributed by atoms with van der Waals surface area (Å²) in [5.74, 6) is 0.858. The van der Waals surface area contributed by atoms with Crippen LogP contribution < -0.4 is 4.90 Å². The Balaban J connectivity index is 2.18. The molecule has 0 spiro atoms. The van der Waals surface area contributed by atoms with Crippen molar-refractivity contribution >= 4 is 28.0 Å². The molecule has 0 fully saturated rings. The maximum absolute atomic E-state index is 10.1. The summed E-state index contributed by atoms with van der Waals surface area (Å²) in [6.07, 6.45) is 0. The topological polar surface area (TPSA) is 74.0 Å². The molecular formula is C16H23N5OS. The third kappa shape index (κ3) is 4.25. The normalized spacial score (nSPS) is 12.0. The minimum Gasteiger partial charge on any atom is -0.506 e. The van der Waals surface area contributed by atoms with E-state index in [0.29, 0.717) is 10.8 Å². The van der Waals surface area contributed by atoms with Gasteiger partial charge < -0.3 is 10.0 Å². The molecule has 23 heavy (non-hydrogen) atoms. The summed E-state index contributed by atoms with van der Waals surface area (Å²) in [5.41, 5.74) is 1.28. The predicted molar refractivity (Wildman–Crippen MR) is 94.5 cm³/mol. The quantitative estimate of drug-likeness (QED) is 0.797. The lowest BCUT2D eigenvalue weighted by Gasteiger charge is -2.21. The third-order valence-electron chi connectivity index (χ3n) is 3.42. The number of hydrogen-bond donors (Lipinski definition) is 1. The standard InChI is InChI=1S/C16H23N5OS/c1-6-21(7-2)11-8-9-12(13(22)10-11)18-19-15-17-14(20-23-15)16(3,4)5/h8-10,22H,6-7H2,1-5H3. The van der Waals surface area contributed by atoms with E-state index in [2.05, 4.69) is 38.3 Å². The first-order valence-corrected chi connectivity index (χ1v) is 8.46. The van der Waals surface area contributed by atoms with Gasteiger partial charge in [0.1, 0.15) is 17.3 Å². The zero-order chi connectivity index (χ0) is 17.0. The van der Waals surface area contributed by atoms with E-state index in [-0.39, 0.29) is 11.2 Å². The highest BCUT2D eigenvalue weighted by Crippen LogP contribution is 2.33. The van der Waals surface area contributed by atoms with Gasteiger partial charge in [0.25, 0.3) is 0 Å². The molecule has 7 heteroatoms. The van der Waals surface area contributed by atoms with Crippen LogP contribution in [-0.4, -0.2) is 27.6 Å². The molecule has 0 saturated carbocycles. The minimum atomic E-state index is -0.113. The van der Waals surface area contributed by atoms with E-state index in [9.17, 15) is 5.11 Å². The molecular weight excluding hydrogens is 310 g/mol.